The molecule has 6 rings (SSSR count). The van der Waals surface area contributed by atoms with E-state index in [1.807, 2.05) is 157 Å². The maximum atomic E-state index is 14.3. The Morgan fingerprint density at radius 3 is 1.39 bits per heavy atom. The van der Waals surface area contributed by atoms with Gasteiger partial charge in [-0.25, -0.2) is 8.42 Å². The molecule has 6 aromatic carbocycles. The zero-order chi connectivity index (χ0) is 35.2. The van der Waals surface area contributed by atoms with E-state index >= 15 is 0 Å². The van der Waals surface area contributed by atoms with Gasteiger partial charge in [-0.3, -0.25) is 0 Å². The Balaban J connectivity index is 0.000000384. The van der Waals surface area contributed by atoms with Crippen LogP contribution in [0.1, 0.15) is 54.1 Å². The average Bonchev–Trinajstić information content (AvgIpc) is 3.16. The molecule has 0 bridgehead atoms. The van der Waals surface area contributed by atoms with Crippen LogP contribution in [-0.2, 0) is 27.3 Å². The van der Waals surface area contributed by atoms with Crippen LogP contribution in [-0.4, -0.2) is 8.42 Å². The van der Waals surface area contributed by atoms with E-state index in [2.05, 4.69) is 59.4 Å². The molecule has 6 aromatic rings. The molecule has 7 heteroatoms. The first-order chi connectivity index (χ1) is 23.7. The Kier molecular flexibility index (Phi) is 14.5. The van der Waals surface area contributed by atoms with Gasteiger partial charge in [0.1, 0.15) is 10.0 Å². The monoisotopic (exact) mass is 774 g/mol. The van der Waals surface area contributed by atoms with Crippen molar-refractivity contribution in [1.29, 1.82) is 0 Å². The SMILES string of the molecule is Cc1ccc(C(C)C)cc1.N[C@H](c1ccccc1)[C@H]([N-]S(=O)(=O)c1c(-c2ccccc2)cccc1-c1ccccc1)c1ccccc1.[Cl][Ru+]. The molecule has 0 heterocycles. The first-order valence-electron chi connectivity index (χ1n) is 16.0. The Hall–Kier alpha value is -3.90. The molecule has 0 amide bonds. The minimum absolute atomic E-state index is 0.175. The maximum absolute atomic E-state index is 14.3. The number of nitrogens with two attached hydrogens (primary N) is 1. The Morgan fingerprint density at radius 2 is 0.959 bits per heavy atom. The summed E-state index contributed by atoms with van der Waals surface area (Å²) in [6.45, 7) is 6.54. The van der Waals surface area contributed by atoms with Gasteiger partial charge in [0, 0.05) is 6.04 Å². The predicted molar refractivity (Wildman–Crippen MR) is 202 cm³/mol. The molecule has 0 aliphatic heterocycles. The van der Waals surface area contributed by atoms with Crippen molar-refractivity contribution in [2.24, 2.45) is 5.73 Å². The van der Waals surface area contributed by atoms with Crippen molar-refractivity contribution in [3.63, 3.8) is 0 Å². The molecular formula is C42H41ClN2O2RuS. The summed E-state index contributed by atoms with van der Waals surface area (Å²) in [6, 6.07) is 50.7. The van der Waals surface area contributed by atoms with Gasteiger partial charge in [-0.1, -0.05) is 195 Å². The topological polar surface area (TPSA) is 74.3 Å². The summed E-state index contributed by atoms with van der Waals surface area (Å²) in [6.07, 6.45) is 0. The molecule has 0 aliphatic carbocycles. The van der Waals surface area contributed by atoms with Crippen molar-refractivity contribution in [2.75, 3.05) is 0 Å². The van der Waals surface area contributed by atoms with Crippen LogP contribution in [0, 0.1) is 6.92 Å². The molecule has 2 atom stereocenters. The Labute approximate surface area is 306 Å². The van der Waals surface area contributed by atoms with E-state index in [1.165, 1.54) is 11.1 Å². The van der Waals surface area contributed by atoms with E-state index in [1.54, 1.807) is 0 Å². The van der Waals surface area contributed by atoms with Crippen LogP contribution in [0.5, 0.6) is 0 Å². The van der Waals surface area contributed by atoms with Crippen LogP contribution in [0.15, 0.2) is 169 Å². The van der Waals surface area contributed by atoms with Crippen molar-refractivity contribution in [3.8, 4) is 22.3 Å². The molecule has 2 N–H and O–H groups in total. The second-order valence-electron chi connectivity index (χ2n) is 11.9. The minimum atomic E-state index is -4.17. The van der Waals surface area contributed by atoms with E-state index < -0.39 is 22.1 Å². The van der Waals surface area contributed by atoms with E-state index in [-0.39, 0.29) is 4.90 Å². The van der Waals surface area contributed by atoms with Gasteiger partial charge in [-0.05, 0) is 46.2 Å². The normalized spacial score (nSPS) is 12.1. The predicted octanol–water partition coefficient (Wildman–Crippen LogP) is 11.3. The van der Waals surface area contributed by atoms with Crippen LogP contribution < -0.4 is 5.73 Å². The molecule has 0 saturated carbocycles. The number of rotatable bonds is 9. The Morgan fingerprint density at radius 1 is 0.551 bits per heavy atom. The first-order valence-corrected chi connectivity index (χ1v) is 19.7. The summed E-state index contributed by atoms with van der Waals surface area (Å²) < 4.78 is 33.2. The molecule has 0 aliphatic rings. The molecule has 0 spiro atoms. The molecule has 49 heavy (non-hydrogen) atoms. The van der Waals surface area contributed by atoms with Crippen molar-refractivity contribution >= 4 is 19.7 Å². The second-order valence-corrected chi connectivity index (χ2v) is 13.4. The summed E-state index contributed by atoms with van der Waals surface area (Å²) in [4.78, 5) is 0.175. The molecule has 0 aromatic heterocycles. The third-order valence-electron chi connectivity index (χ3n) is 8.10. The van der Waals surface area contributed by atoms with Crippen molar-refractivity contribution < 1.29 is 25.7 Å². The molecule has 0 radical (unpaired) electrons. The number of nitrogens with zero attached hydrogens (tertiary/aromatic N) is 1. The summed E-state index contributed by atoms with van der Waals surface area (Å²) in [5.41, 5.74) is 13.8. The summed E-state index contributed by atoms with van der Waals surface area (Å²) in [5.74, 6) is 0.653. The summed E-state index contributed by atoms with van der Waals surface area (Å²) in [5, 5.41) is 0. The third kappa shape index (κ3) is 10.3. The number of hydrogen-bond acceptors (Lipinski definition) is 3. The number of sulfonamides is 1. The average molecular weight is 774 g/mol. The summed E-state index contributed by atoms with van der Waals surface area (Å²) >= 11 is 1.82. The zero-order valence-corrected chi connectivity index (χ0v) is 31.1. The fourth-order valence-electron chi connectivity index (χ4n) is 5.50. The van der Waals surface area contributed by atoms with Gasteiger partial charge in [0.25, 0.3) is 0 Å². The molecule has 4 nitrogen and oxygen atoms in total. The van der Waals surface area contributed by atoms with E-state index in [0.29, 0.717) is 17.0 Å². The molecule has 252 valence electrons. The fraction of sp³-hybridized carbons (Fsp3) is 0.143. The summed E-state index contributed by atoms with van der Waals surface area (Å²) in [7, 11) is 0.396. The standard InChI is InChI=1S/C32H27N2O2S.C10H14.ClH.Ru/c33-30(26-18-9-3-10-19-26)31(27-20-11-4-12-21-27)34-37(35,36)32-28(24-14-5-1-6-15-24)22-13-23-29(32)25-16-7-2-8-17-25;1-8(2)10-6-4-9(3)5-7-10;;/h1-23,30-31H,33H2;4-8H,1-3H3;1H;/q-1;;;+2/p-1/t30-,31-;;;/m1.../s1. The molecule has 0 saturated heterocycles. The van der Waals surface area contributed by atoms with Crippen molar-refractivity contribution in [1.82, 2.24) is 0 Å². The first kappa shape index (κ1) is 37.9. The Bertz CT molecular complexity index is 1900. The van der Waals surface area contributed by atoms with Crippen LogP contribution in [0.3, 0.4) is 0 Å². The fourth-order valence-corrected chi connectivity index (χ4v) is 7.08. The van der Waals surface area contributed by atoms with Crippen molar-refractivity contribution in [2.45, 2.75) is 43.7 Å². The zero-order valence-electron chi connectivity index (χ0n) is 27.8. The number of halogens is 1. The van der Waals surface area contributed by atoms with Crippen molar-refractivity contribution in [3.05, 3.63) is 191 Å². The molecule has 0 unspecified atom stereocenters. The van der Waals surface area contributed by atoms with Gasteiger partial charge in [-0.2, -0.15) is 0 Å². The van der Waals surface area contributed by atoms with Gasteiger partial charge in [0.2, 0.25) is 0 Å². The number of aryl methyl sites for hydroxylation is 1. The van der Waals surface area contributed by atoms with E-state index in [0.717, 1.165) is 22.3 Å². The van der Waals surface area contributed by atoms with Gasteiger partial charge >= 0.3 is 27.0 Å². The van der Waals surface area contributed by atoms with E-state index in [4.69, 9.17) is 5.73 Å². The van der Waals surface area contributed by atoms with Gasteiger partial charge in [0.15, 0.2) is 0 Å². The number of hydrogen-bond donors (Lipinski definition) is 1. The van der Waals surface area contributed by atoms with Gasteiger partial charge in [0.05, 0.1) is 4.90 Å². The molecular weight excluding hydrogens is 733 g/mol. The second kappa shape index (κ2) is 18.8. The van der Waals surface area contributed by atoms with Crippen LogP contribution in [0.4, 0.5) is 0 Å². The quantitative estimate of drug-likeness (QED) is 0.149. The van der Waals surface area contributed by atoms with Crippen LogP contribution in [0.2, 0.25) is 0 Å². The third-order valence-corrected chi connectivity index (χ3v) is 9.57. The van der Waals surface area contributed by atoms with Crippen LogP contribution in [0.25, 0.3) is 27.0 Å². The molecule has 0 fully saturated rings. The van der Waals surface area contributed by atoms with E-state index in [9.17, 15) is 8.42 Å². The van der Waals surface area contributed by atoms with Gasteiger partial charge < -0.3 is 10.5 Å². The van der Waals surface area contributed by atoms with Gasteiger partial charge in [-0.15, -0.1) is 0 Å². The van der Waals surface area contributed by atoms with Crippen LogP contribution >= 0.6 is 9.69 Å². The number of benzene rings is 6.